The fourth-order valence-electron chi connectivity index (χ4n) is 1.02. The average molecular weight is 220 g/mol. The van der Waals surface area contributed by atoms with Crippen LogP contribution >= 0.6 is 0 Å². The third-order valence-electron chi connectivity index (χ3n) is 1.74. The highest BCUT2D eigenvalue weighted by molar-refractivity contribution is 6.83. The average Bonchev–Trinajstić information content (AvgIpc) is 2.14. The van der Waals surface area contributed by atoms with E-state index in [1.165, 1.54) is 12.1 Å². The van der Waals surface area contributed by atoms with Crippen LogP contribution in [0.5, 0.6) is 0 Å². The Balaban J connectivity index is 3.23. The van der Waals surface area contributed by atoms with E-state index in [4.69, 9.17) is 0 Å². The third kappa shape index (κ3) is 3.33. The Labute approximate surface area is 90.3 Å². The first-order valence-electron chi connectivity index (χ1n) is 4.71. The maximum atomic E-state index is 13.4. The van der Waals surface area contributed by atoms with Crippen LogP contribution in [0.1, 0.15) is 15.9 Å². The molecule has 0 spiro atoms. The van der Waals surface area contributed by atoms with Gasteiger partial charge in [0.2, 0.25) is 0 Å². The van der Waals surface area contributed by atoms with Crippen molar-refractivity contribution in [2.24, 2.45) is 0 Å². The predicted octanol–water partition coefficient (Wildman–Crippen LogP) is 2.87. The summed E-state index contributed by atoms with van der Waals surface area (Å²) in [4.78, 5) is 10.7. The summed E-state index contributed by atoms with van der Waals surface area (Å²) < 4.78 is 13.4. The van der Waals surface area contributed by atoms with Crippen molar-refractivity contribution < 1.29 is 9.18 Å². The number of carbonyl (C=O) groups is 1. The lowest BCUT2D eigenvalue weighted by atomic mass is 10.1. The Bertz CT molecular complexity index is 435. The fraction of sp³-hybridized carbons (Fsp3) is 0.250. The molecule has 0 atom stereocenters. The molecule has 1 aromatic carbocycles. The van der Waals surface area contributed by atoms with Crippen LogP contribution in [0.3, 0.4) is 0 Å². The predicted molar refractivity (Wildman–Crippen MR) is 62.0 cm³/mol. The summed E-state index contributed by atoms with van der Waals surface area (Å²) in [6.07, 6.45) is 0.636. The van der Waals surface area contributed by atoms with Gasteiger partial charge in [-0.1, -0.05) is 37.7 Å². The quantitative estimate of drug-likeness (QED) is 0.404. The zero-order valence-corrected chi connectivity index (χ0v) is 10.1. The van der Waals surface area contributed by atoms with E-state index in [1.54, 1.807) is 6.07 Å². The van der Waals surface area contributed by atoms with Crippen LogP contribution in [0.4, 0.5) is 4.39 Å². The monoisotopic (exact) mass is 220 g/mol. The minimum atomic E-state index is -1.54. The summed E-state index contributed by atoms with van der Waals surface area (Å²) in [7, 11) is -1.54. The molecule has 0 N–H and O–H groups in total. The molecule has 1 aromatic rings. The lowest BCUT2D eigenvalue weighted by Gasteiger charge is -2.04. The fourth-order valence-corrected chi connectivity index (χ4v) is 1.52. The highest BCUT2D eigenvalue weighted by atomic mass is 28.3. The van der Waals surface area contributed by atoms with Crippen molar-refractivity contribution in [3.63, 3.8) is 0 Å². The van der Waals surface area contributed by atoms with Crippen molar-refractivity contribution in [2.75, 3.05) is 0 Å². The molecule has 0 radical (unpaired) electrons. The molecule has 0 aliphatic heterocycles. The summed E-state index contributed by atoms with van der Waals surface area (Å²) in [5.74, 6) is 2.35. The summed E-state index contributed by atoms with van der Waals surface area (Å²) in [5, 5.41) is 0. The van der Waals surface area contributed by atoms with Gasteiger partial charge in [0.25, 0.3) is 0 Å². The number of halogens is 1. The van der Waals surface area contributed by atoms with E-state index >= 15 is 0 Å². The molecule has 1 rings (SSSR count). The van der Waals surface area contributed by atoms with Gasteiger partial charge >= 0.3 is 0 Å². The highest BCUT2D eigenvalue weighted by Gasteiger charge is 2.09. The first kappa shape index (κ1) is 11.7. The molecule has 0 heterocycles. The molecule has 1 nitrogen and oxygen atoms in total. The van der Waals surface area contributed by atoms with Crippen molar-refractivity contribution in [3.8, 4) is 11.5 Å². The molecule has 0 unspecified atom stereocenters. The topological polar surface area (TPSA) is 17.1 Å². The molecular weight excluding hydrogens is 207 g/mol. The zero-order valence-electron chi connectivity index (χ0n) is 9.10. The van der Waals surface area contributed by atoms with Crippen LogP contribution in [0.25, 0.3) is 0 Å². The van der Waals surface area contributed by atoms with Gasteiger partial charge in [-0.2, -0.15) is 0 Å². The van der Waals surface area contributed by atoms with Crippen LogP contribution < -0.4 is 0 Å². The van der Waals surface area contributed by atoms with Gasteiger partial charge in [-0.05, 0) is 6.07 Å². The first-order valence-corrected chi connectivity index (χ1v) is 8.21. The van der Waals surface area contributed by atoms with E-state index in [1.807, 2.05) is 0 Å². The molecule has 15 heavy (non-hydrogen) atoms. The number of hydrogen-bond donors (Lipinski definition) is 0. The van der Waals surface area contributed by atoms with Crippen LogP contribution in [0, 0.1) is 17.3 Å². The van der Waals surface area contributed by atoms with Gasteiger partial charge in [-0.25, -0.2) is 4.39 Å². The molecule has 0 saturated carbocycles. The van der Waals surface area contributed by atoms with Crippen molar-refractivity contribution in [1.29, 1.82) is 0 Å². The lowest BCUT2D eigenvalue weighted by molar-refractivity contribution is 0.112. The molecule has 0 aliphatic rings. The molecule has 0 amide bonds. The molecule has 0 bridgehead atoms. The van der Waals surface area contributed by atoms with Crippen molar-refractivity contribution in [3.05, 3.63) is 35.1 Å². The van der Waals surface area contributed by atoms with Gasteiger partial charge in [0.15, 0.2) is 6.29 Å². The van der Waals surface area contributed by atoms with Gasteiger partial charge in [0.05, 0.1) is 5.56 Å². The minimum absolute atomic E-state index is 0.218. The zero-order chi connectivity index (χ0) is 11.5. The molecule has 0 saturated heterocycles. The number of rotatable bonds is 1. The van der Waals surface area contributed by atoms with E-state index in [2.05, 4.69) is 31.1 Å². The standard InChI is InChI=1S/C12H13FOSi/c1-15(2,3)8-7-11-10(9-14)5-4-6-12(11)13/h4-6,9H,1-3H3. The van der Waals surface area contributed by atoms with Crippen molar-refractivity contribution in [1.82, 2.24) is 0 Å². The van der Waals surface area contributed by atoms with Gasteiger partial charge in [0, 0.05) is 5.56 Å². The largest absolute Gasteiger partial charge is 0.298 e. The van der Waals surface area contributed by atoms with Crippen LogP contribution in [0.2, 0.25) is 19.6 Å². The second-order valence-corrected chi connectivity index (χ2v) is 9.07. The Morgan fingerprint density at radius 1 is 1.33 bits per heavy atom. The number of hydrogen-bond acceptors (Lipinski definition) is 1. The van der Waals surface area contributed by atoms with Gasteiger partial charge in [-0.15, -0.1) is 5.54 Å². The molecular formula is C12H13FOSi. The van der Waals surface area contributed by atoms with Crippen LogP contribution in [-0.2, 0) is 0 Å². The van der Waals surface area contributed by atoms with E-state index in [0.717, 1.165) is 0 Å². The van der Waals surface area contributed by atoms with E-state index < -0.39 is 13.9 Å². The Morgan fingerprint density at radius 2 is 2.00 bits per heavy atom. The Hall–Kier alpha value is -1.40. The normalized spacial score (nSPS) is 10.4. The number of aldehydes is 1. The summed E-state index contributed by atoms with van der Waals surface area (Å²) in [6, 6.07) is 4.41. The van der Waals surface area contributed by atoms with Crippen LogP contribution in [-0.4, -0.2) is 14.4 Å². The number of carbonyl (C=O) groups excluding carboxylic acids is 1. The third-order valence-corrected chi connectivity index (χ3v) is 2.61. The van der Waals surface area contributed by atoms with Crippen LogP contribution in [0.15, 0.2) is 18.2 Å². The Morgan fingerprint density at radius 3 is 2.53 bits per heavy atom. The Kier molecular flexibility index (Phi) is 3.43. The highest BCUT2D eigenvalue weighted by Crippen LogP contribution is 2.10. The number of benzene rings is 1. The second-order valence-electron chi connectivity index (χ2n) is 4.32. The van der Waals surface area contributed by atoms with Gasteiger partial charge in [0.1, 0.15) is 13.9 Å². The van der Waals surface area contributed by atoms with E-state index in [-0.39, 0.29) is 5.56 Å². The maximum Gasteiger partial charge on any atom is 0.151 e. The summed E-state index contributed by atoms with van der Waals surface area (Å²) >= 11 is 0. The molecule has 0 aromatic heterocycles. The van der Waals surface area contributed by atoms with E-state index in [9.17, 15) is 9.18 Å². The molecule has 0 fully saturated rings. The maximum absolute atomic E-state index is 13.4. The minimum Gasteiger partial charge on any atom is -0.298 e. The lowest BCUT2D eigenvalue weighted by Crippen LogP contribution is -2.16. The van der Waals surface area contributed by atoms with Gasteiger partial charge in [-0.3, -0.25) is 4.79 Å². The van der Waals surface area contributed by atoms with Crippen molar-refractivity contribution >= 4 is 14.4 Å². The SMILES string of the molecule is C[Si](C)(C)C#Cc1c(F)cccc1C=O. The first-order chi connectivity index (χ1) is 6.94. The second kappa shape index (κ2) is 4.41. The smallest absolute Gasteiger partial charge is 0.151 e. The van der Waals surface area contributed by atoms with E-state index in [0.29, 0.717) is 11.8 Å². The van der Waals surface area contributed by atoms with Gasteiger partial charge < -0.3 is 0 Å². The molecule has 78 valence electrons. The summed E-state index contributed by atoms with van der Waals surface area (Å²) in [5.41, 5.74) is 3.58. The summed E-state index contributed by atoms with van der Waals surface area (Å²) in [6.45, 7) is 6.21. The molecule has 0 aliphatic carbocycles. The molecule has 3 heteroatoms. The van der Waals surface area contributed by atoms with Crippen molar-refractivity contribution in [2.45, 2.75) is 19.6 Å².